The highest BCUT2D eigenvalue weighted by molar-refractivity contribution is 7.62. The summed E-state index contributed by atoms with van der Waals surface area (Å²) >= 11 is 0. The summed E-state index contributed by atoms with van der Waals surface area (Å²) in [6, 6.07) is 8.89. The second kappa shape index (κ2) is 5.13. The van der Waals surface area contributed by atoms with Crippen LogP contribution in [0.25, 0.3) is 0 Å². The van der Waals surface area contributed by atoms with Crippen molar-refractivity contribution in [2.24, 2.45) is 4.36 Å². The molecule has 0 spiro atoms. The Hall–Kier alpha value is -1.69. The van der Waals surface area contributed by atoms with Crippen LogP contribution in [0.15, 0.2) is 34.7 Å². The van der Waals surface area contributed by atoms with E-state index in [1.165, 1.54) is 0 Å². The highest BCUT2D eigenvalue weighted by Crippen LogP contribution is 2.00. The average Bonchev–Trinajstić information content (AvgIpc) is 2.15. The summed E-state index contributed by atoms with van der Waals surface area (Å²) in [5.41, 5.74) is 0.771. The average molecular weight is 213 g/mol. The molecule has 14 heavy (non-hydrogen) atoms. The Kier molecular flexibility index (Phi) is 3.81. The van der Waals surface area contributed by atoms with Crippen LogP contribution in [0, 0.1) is 0 Å². The molecule has 1 aromatic carbocycles. The number of amides is 1. The van der Waals surface area contributed by atoms with Crippen molar-refractivity contribution < 1.29 is 17.9 Å². The van der Waals surface area contributed by atoms with Crippen LogP contribution in [-0.4, -0.2) is 14.5 Å². The number of nitrogens with zero attached hydrogens (tertiary/aromatic N) is 1. The van der Waals surface area contributed by atoms with Gasteiger partial charge in [-0.2, -0.15) is 8.42 Å². The lowest BCUT2D eigenvalue weighted by molar-refractivity contribution is 0.151. The maximum absolute atomic E-state index is 10.6. The van der Waals surface area contributed by atoms with E-state index in [1.54, 1.807) is 24.3 Å². The molecule has 0 aliphatic heterocycles. The quantitative estimate of drug-likeness (QED) is 0.744. The molecular weight excluding hydrogens is 206 g/mol. The highest BCUT2D eigenvalue weighted by atomic mass is 32.2. The number of benzene rings is 1. The molecule has 0 aliphatic rings. The van der Waals surface area contributed by atoms with Crippen molar-refractivity contribution in [1.29, 1.82) is 0 Å². The van der Waals surface area contributed by atoms with Gasteiger partial charge in [0.05, 0.1) is 0 Å². The lowest BCUT2D eigenvalue weighted by Gasteiger charge is -1.98. The minimum Gasteiger partial charge on any atom is -0.442 e. The molecule has 0 radical (unpaired) electrons. The van der Waals surface area contributed by atoms with E-state index in [0.29, 0.717) is 0 Å². The summed E-state index contributed by atoms with van der Waals surface area (Å²) in [5, 5.41) is 0. The van der Waals surface area contributed by atoms with Crippen LogP contribution in [0.1, 0.15) is 5.56 Å². The van der Waals surface area contributed by atoms with E-state index in [1.807, 2.05) is 6.07 Å². The molecule has 0 atom stereocenters. The van der Waals surface area contributed by atoms with E-state index >= 15 is 0 Å². The van der Waals surface area contributed by atoms with Crippen molar-refractivity contribution in [3.8, 4) is 0 Å². The zero-order chi connectivity index (χ0) is 10.4. The van der Waals surface area contributed by atoms with E-state index in [2.05, 4.69) is 9.10 Å². The van der Waals surface area contributed by atoms with Gasteiger partial charge in [0, 0.05) is 0 Å². The molecule has 5 nitrogen and oxygen atoms in total. The normalized spacial score (nSPS) is 9.14. The van der Waals surface area contributed by atoms with Crippen LogP contribution in [-0.2, 0) is 21.8 Å². The maximum atomic E-state index is 10.6. The lowest BCUT2D eigenvalue weighted by atomic mass is 10.2. The summed E-state index contributed by atoms with van der Waals surface area (Å²) in [7, 11) is -2.75. The summed E-state index contributed by atoms with van der Waals surface area (Å²) in [6.45, 7) is 0.0143. The fourth-order valence-electron chi connectivity index (χ4n) is 0.807. The van der Waals surface area contributed by atoms with Crippen molar-refractivity contribution in [1.82, 2.24) is 0 Å². The van der Waals surface area contributed by atoms with Crippen LogP contribution in [0.5, 0.6) is 0 Å². The summed E-state index contributed by atoms with van der Waals surface area (Å²) in [4.78, 5) is 10.6. The molecule has 0 N–H and O–H groups in total. The SMILES string of the molecule is O=C(N=S(=O)=O)OCc1ccccc1. The van der Waals surface area contributed by atoms with Crippen molar-refractivity contribution in [3.63, 3.8) is 0 Å². The first-order valence-corrected chi connectivity index (χ1v) is 4.73. The van der Waals surface area contributed by atoms with Crippen LogP contribution in [0.4, 0.5) is 4.79 Å². The Bertz CT molecular complexity index is 430. The zero-order valence-electron chi connectivity index (χ0n) is 7.08. The van der Waals surface area contributed by atoms with Gasteiger partial charge in [0.2, 0.25) is 0 Å². The third-order valence-electron chi connectivity index (χ3n) is 1.35. The van der Waals surface area contributed by atoms with Gasteiger partial charge in [-0.05, 0) is 5.56 Å². The van der Waals surface area contributed by atoms with Gasteiger partial charge >= 0.3 is 16.6 Å². The van der Waals surface area contributed by atoms with Crippen LogP contribution in [0.2, 0.25) is 0 Å². The molecule has 0 saturated carbocycles. The Morgan fingerprint density at radius 2 is 1.93 bits per heavy atom. The smallest absolute Gasteiger partial charge is 0.442 e. The number of carbonyl (C=O) groups is 1. The molecule has 1 rings (SSSR count). The van der Waals surface area contributed by atoms with Gasteiger partial charge in [0.25, 0.3) is 0 Å². The van der Waals surface area contributed by atoms with Crippen molar-refractivity contribution in [2.75, 3.05) is 0 Å². The standard InChI is InChI=1S/C8H7NO4S/c10-8(9-14(11)12)13-6-7-4-2-1-3-5-7/h1-5H,6H2. The third-order valence-corrected chi connectivity index (χ3v) is 1.65. The highest BCUT2D eigenvalue weighted by Gasteiger charge is 2.00. The van der Waals surface area contributed by atoms with Gasteiger partial charge in [-0.3, -0.25) is 0 Å². The molecule has 0 fully saturated rings. The van der Waals surface area contributed by atoms with E-state index in [9.17, 15) is 13.2 Å². The monoisotopic (exact) mass is 213 g/mol. The molecule has 74 valence electrons. The second-order valence-electron chi connectivity index (χ2n) is 2.35. The van der Waals surface area contributed by atoms with Gasteiger partial charge in [-0.1, -0.05) is 34.7 Å². The number of rotatable bonds is 2. The van der Waals surface area contributed by atoms with Crippen molar-refractivity contribution in [3.05, 3.63) is 35.9 Å². The maximum Gasteiger partial charge on any atom is 0.449 e. The topological polar surface area (TPSA) is 72.8 Å². The summed E-state index contributed by atoms with van der Waals surface area (Å²) < 4.78 is 27.1. The Labute approximate surface area is 82.0 Å². The lowest BCUT2D eigenvalue weighted by Crippen LogP contribution is -1.98. The predicted molar refractivity (Wildman–Crippen MR) is 48.0 cm³/mol. The number of carbonyl (C=O) groups excluding carboxylic acids is 1. The Morgan fingerprint density at radius 1 is 1.29 bits per heavy atom. The summed E-state index contributed by atoms with van der Waals surface area (Å²) in [6.07, 6.45) is -1.11. The molecule has 6 heteroatoms. The molecule has 0 unspecified atom stereocenters. The molecule has 1 amide bonds. The molecule has 0 heterocycles. The van der Waals surface area contributed by atoms with E-state index in [4.69, 9.17) is 0 Å². The molecule has 0 saturated heterocycles. The van der Waals surface area contributed by atoms with Gasteiger partial charge in [-0.15, -0.1) is 0 Å². The molecule has 0 bridgehead atoms. The van der Waals surface area contributed by atoms with Crippen LogP contribution in [0.3, 0.4) is 0 Å². The third kappa shape index (κ3) is 3.81. The van der Waals surface area contributed by atoms with E-state index in [0.717, 1.165) is 5.56 Å². The van der Waals surface area contributed by atoms with Crippen LogP contribution >= 0.6 is 0 Å². The minimum absolute atomic E-state index is 0.0143. The zero-order valence-corrected chi connectivity index (χ0v) is 7.90. The number of hydrogen-bond donors (Lipinski definition) is 0. The van der Waals surface area contributed by atoms with Crippen molar-refractivity contribution in [2.45, 2.75) is 6.61 Å². The Morgan fingerprint density at radius 3 is 2.50 bits per heavy atom. The van der Waals surface area contributed by atoms with Gasteiger partial charge in [-0.25, -0.2) is 4.79 Å². The minimum atomic E-state index is -2.75. The largest absolute Gasteiger partial charge is 0.449 e. The second-order valence-corrected chi connectivity index (χ2v) is 2.97. The molecule has 0 aromatic heterocycles. The first-order valence-electron chi connectivity index (χ1n) is 3.70. The predicted octanol–water partition coefficient (Wildman–Crippen LogP) is 1.39. The van der Waals surface area contributed by atoms with E-state index in [-0.39, 0.29) is 6.61 Å². The van der Waals surface area contributed by atoms with E-state index < -0.39 is 16.6 Å². The first-order chi connectivity index (χ1) is 6.68. The van der Waals surface area contributed by atoms with Gasteiger partial charge < -0.3 is 4.74 Å². The fourth-order valence-corrected chi connectivity index (χ4v) is 0.981. The summed E-state index contributed by atoms with van der Waals surface area (Å²) in [5.74, 6) is 0. The van der Waals surface area contributed by atoms with Gasteiger partial charge in [0.1, 0.15) is 6.61 Å². The fraction of sp³-hybridized carbons (Fsp3) is 0.125. The van der Waals surface area contributed by atoms with Crippen molar-refractivity contribution >= 4 is 16.6 Å². The number of hydrogen-bond acceptors (Lipinski definition) is 4. The molecule has 0 aliphatic carbocycles. The number of ether oxygens (including phenoxy) is 1. The molecular formula is C8H7NO4S. The Balaban J connectivity index is 2.50. The van der Waals surface area contributed by atoms with Crippen LogP contribution < -0.4 is 0 Å². The van der Waals surface area contributed by atoms with Gasteiger partial charge in [0.15, 0.2) is 0 Å². The first kappa shape index (κ1) is 10.4. The molecule has 1 aromatic rings.